The number of anilines is 1. The summed E-state index contributed by atoms with van der Waals surface area (Å²) in [5.74, 6) is 0. The molecule has 1 rings (SSSR count). The van der Waals surface area contributed by atoms with Crippen molar-refractivity contribution in [1.29, 1.82) is 0 Å². The third-order valence-electron chi connectivity index (χ3n) is 2.31. The second-order valence-corrected chi connectivity index (χ2v) is 3.27. The smallest absolute Gasteiger partial charge is 0.0366 e. The molecule has 0 atom stereocenters. The molecular weight excluding hydrogens is 172 g/mol. The van der Waals surface area contributed by atoms with Gasteiger partial charge in [-0.25, -0.2) is 0 Å². The average Bonchev–Trinajstić information content (AvgIpc) is 2.26. The molecule has 0 aliphatic heterocycles. The highest BCUT2D eigenvalue weighted by Crippen LogP contribution is 2.11. The van der Waals surface area contributed by atoms with Crippen LogP contribution in [0.15, 0.2) is 30.3 Å². The van der Waals surface area contributed by atoms with Crippen molar-refractivity contribution in [2.45, 2.75) is 13.8 Å². The summed E-state index contributed by atoms with van der Waals surface area (Å²) in [4.78, 5) is 2.38. The minimum absolute atomic E-state index is 1.05. The van der Waals surface area contributed by atoms with Gasteiger partial charge in [-0.1, -0.05) is 25.1 Å². The van der Waals surface area contributed by atoms with Crippen LogP contribution in [0.1, 0.15) is 13.8 Å². The third-order valence-corrected chi connectivity index (χ3v) is 2.31. The van der Waals surface area contributed by atoms with E-state index >= 15 is 0 Å². The van der Waals surface area contributed by atoms with E-state index in [0.29, 0.717) is 0 Å². The van der Waals surface area contributed by atoms with Gasteiger partial charge in [-0.05, 0) is 25.6 Å². The van der Waals surface area contributed by atoms with Gasteiger partial charge in [0.2, 0.25) is 0 Å². The van der Waals surface area contributed by atoms with Crippen molar-refractivity contribution in [2.75, 3.05) is 31.1 Å². The fourth-order valence-corrected chi connectivity index (χ4v) is 1.50. The van der Waals surface area contributed by atoms with Gasteiger partial charge in [-0.2, -0.15) is 0 Å². The van der Waals surface area contributed by atoms with Gasteiger partial charge in [0.1, 0.15) is 0 Å². The lowest BCUT2D eigenvalue weighted by molar-refractivity contribution is 0.688. The van der Waals surface area contributed by atoms with E-state index in [-0.39, 0.29) is 0 Å². The largest absolute Gasteiger partial charge is 0.371 e. The molecule has 0 saturated heterocycles. The molecule has 2 heteroatoms. The van der Waals surface area contributed by atoms with Crippen LogP contribution >= 0.6 is 0 Å². The number of hydrogen-bond donors (Lipinski definition) is 1. The van der Waals surface area contributed by atoms with E-state index in [2.05, 4.69) is 54.4 Å². The lowest BCUT2D eigenvalue weighted by Crippen LogP contribution is -2.31. The number of hydrogen-bond acceptors (Lipinski definition) is 2. The Balaban J connectivity index is 2.46. The fraction of sp³-hybridized carbons (Fsp3) is 0.500. The Kier molecular flexibility index (Phi) is 5.08. The topological polar surface area (TPSA) is 15.3 Å². The summed E-state index contributed by atoms with van der Waals surface area (Å²) in [5.41, 5.74) is 1.31. The van der Waals surface area contributed by atoms with Gasteiger partial charge >= 0.3 is 0 Å². The highest BCUT2D eigenvalue weighted by Gasteiger charge is 2.01. The van der Waals surface area contributed by atoms with Crippen LogP contribution in [0.25, 0.3) is 0 Å². The van der Waals surface area contributed by atoms with E-state index in [1.165, 1.54) is 5.69 Å². The Bertz CT molecular complexity index is 233. The summed E-state index contributed by atoms with van der Waals surface area (Å²) in [6.07, 6.45) is 0. The van der Waals surface area contributed by atoms with Crippen molar-refractivity contribution in [1.82, 2.24) is 5.32 Å². The number of likely N-dealkylation sites (N-methyl/N-ethyl adjacent to an activating group) is 2. The zero-order valence-electron chi connectivity index (χ0n) is 9.16. The van der Waals surface area contributed by atoms with E-state index in [0.717, 1.165) is 26.2 Å². The van der Waals surface area contributed by atoms with Crippen LogP contribution in [-0.4, -0.2) is 26.2 Å². The molecule has 0 bridgehead atoms. The van der Waals surface area contributed by atoms with Crippen molar-refractivity contribution >= 4 is 5.69 Å². The summed E-state index contributed by atoms with van der Waals surface area (Å²) < 4.78 is 0. The molecule has 0 aliphatic carbocycles. The van der Waals surface area contributed by atoms with Gasteiger partial charge in [-0.15, -0.1) is 0 Å². The van der Waals surface area contributed by atoms with Crippen molar-refractivity contribution in [3.8, 4) is 0 Å². The van der Waals surface area contributed by atoms with E-state index < -0.39 is 0 Å². The second kappa shape index (κ2) is 6.44. The molecular formula is C12H20N2. The fourth-order valence-electron chi connectivity index (χ4n) is 1.50. The van der Waals surface area contributed by atoms with Crippen LogP contribution in [0.2, 0.25) is 0 Å². The maximum absolute atomic E-state index is 3.34. The van der Waals surface area contributed by atoms with Crippen molar-refractivity contribution in [3.05, 3.63) is 30.3 Å². The van der Waals surface area contributed by atoms with Crippen molar-refractivity contribution < 1.29 is 0 Å². The molecule has 0 saturated carbocycles. The van der Waals surface area contributed by atoms with Crippen LogP contribution < -0.4 is 10.2 Å². The summed E-state index contributed by atoms with van der Waals surface area (Å²) in [6.45, 7) is 8.58. The first-order valence-electron chi connectivity index (χ1n) is 5.39. The summed E-state index contributed by atoms with van der Waals surface area (Å²) in [6, 6.07) is 10.6. The first-order chi connectivity index (χ1) is 6.88. The Labute approximate surface area is 86.9 Å². The Morgan fingerprint density at radius 1 is 1.14 bits per heavy atom. The Morgan fingerprint density at radius 2 is 1.86 bits per heavy atom. The SMILES string of the molecule is CCNCCN(CC)c1ccccc1. The zero-order chi connectivity index (χ0) is 10.2. The monoisotopic (exact) mass is 192 g/mol. The van der Waals surface area contributed by atoms with Crippen LogP contribution in [0.4, 0.5) is 5.69 Å². The molecule has 78 valence electrons. The molecule has 1 aromatic rings. The quantitative estimate of drug-likeness (QED) is 0.695. The lowest BCUT2D eigenvalue weighted by atomic mass is 10.3. The number of nitrogens with one attached hydrogen (secondary N) is 1. The van der Waals surface area contributed by atoms with Crippen LogP contribution in [0.3, 0.4) is 0 Å². The minimum atomic E-state index is 1.05. The van der Waals surface area contributed by atoms with Crippen LogP contribution in [0.5, 0.6) is 0 Å². The maximum atomic E-state index is 3.34. The predicted molar refractivity (Wildman–Crippen MR) is 62.9 cm³/mol. The number of rotatable bonds is 6. The number of nitrogens with zero attached hydrogens (tertiary/aromatic N) is 1. The van der Waals surface area contributed by atoms with Crippen LogP contribution in [-0.2, 0) is 0 Å². The molecule has 0 spiro atoms. The third kappa shape index (κ3) is 3.38. The molecule has 0 aromatic heterocycles. The van der Waals surface area contributed by atoms with E-state index in [1.807, 2.05) is 0 Å². The van der Waals surface area contributed by atoms with Gasteiger partial charge in [0.25, 0.3) is 0 Å². The van der Waals surface area contributed by atoms with Gasteiger partial charge in [0, 0.05) is 25.3 Å². The minimum Gasteiger partial charge on any atom is -0.371 e. The van der Waals surface area contributed by atoms with Gasteiger partial charge in [-0.3, -0.25) is 0 Å². The van der Waals surface area contributed by atoms with E-state index in [1.54, 1.807) is 0 Å². The molecule has 2 nitrogen and oxygen atoms in total. The van der Waals surface area contributed by atoms with Gasteiger partial charge in [0.05, 0.1) is 0 Å². The Morgan fingerprint density at radius 3 is 2.43 bits per heavy atom. The summed E-state index contributed by atoms with van der Waals surface area (Å²) >= 11 is 0. The molecule has 0 unspecified atom stereocenters. The highest BCUT2D eigenvalue weighted by molar-refractivity contribution is 5.45. The highest BCUT2D eigenvalue weighted by atomic mass is 15.1. The molecule has 1 aromatic carbocycles. The second-order valence-electron chi connectivity index (χ2n) is 3.27. The number of benzene rings is 1. The zero-order valence-corrected chi connectivity index (χ0v) is 9.16. The van der Waals surface area contributed by atoms with E-state index in [9.17, 15) is 0 Å². The summed E-state index contributed by atoms with van der Waals surface area (Å²) in [5, 5.41) is 3.34. The molecule has 1 N–H and O–H groups in total. The molecule has 0 radical (unpaired) electrons. The van der Waals surface area contributed by atoms with Crippen molar-refractivity contribution in [3.63, 3.8) is 0 Å². The van der Waals surface area contributed by atoms with Crippen LogP contribution in [0, 0.1) is 0 Å². The standard InChI is InChI=1S/C12H20N2/c1-3-13-10-11-14(4-2)12-8-6-5-7-9-12/h5-9,13H,3-4,10-11H2,1-2H3. The van der Waals surface area contributed by atoms with E-state index in [4.69, 9.17) is 0 Å². The maximum Gasteiger partial charge on any atom is 0.0366 e. The number of para-hydroxylation sites is 1. The Hall–Kier alpha value is -1.02. The molecule has 0 aliphatic rings. The molecule has 0 fully saturated rings. The van der Waals surface area contributed by atoms with Gasteiger partial charge < -0.3 is 10.2 Å². The molecule has 0 amide bonds. The van der Waals surface area contributed by atoms with Gasteiger partial charge in [0.15, 0.2) is 0 Å². The first kappa shape index (κ1) is 11.1. The first-order valence-corrected chi connectivity index (χ1v) is 5.39. The predicted octanol–water partition coefficient (Wildman–Crippen LogP) is 2.12. The van der Waals surface area contributed by atoms with Crippen molar-refractivity contribution in [2.24, 2.45) is 0 Å². The lowest BCUT2D eigenvalue weighted by Gasteiger charge is -2.23. The molecule has 14 heavy (non-hydrogen) atoms. The average molecular weight is 192 g/mol. The normalized spacial score (nSPS) is 10.1. The summed E-state index contributed by atoms with van der Waals surface area (Å²) in [7, 11) is 0. The molecule has 0 heterocycles.